The van der Waals surface area contributed by atoms with E-state index in [0.29, 0.717) is 18.9 Å². The predicted octanol–water partition coefficient (Wildman–Crippen LogP) is 2.66. The van der Waals surface area contributed by atoms with E-state index in [2.05, 4.69) is 24.5 Å². The zero-order valence-corrected chi connectivity index (χ0v) is 14.1. The number of nitrogens with one attached hydrogen (secondary N) is 2. The average Bonchev–Trinajstić information content (AvgIpc) is 2.45. The van der Waals surface area contributed by atoms with E-state index >= 15 is 0 Å². The molecule has 0 spiro atoms. The fourth-order valence-corrected chi connectivity index (χ4v) is 2.18. The molecule has 0 aromatic heterocycles. The second-order valence-electron chi connectivity index (χ2n) is 5.65. The van der Waals surface area contributed by atoms with E-state index in [0.717, 1.165) is 29.4 Å². The minimum absolute atomic E-state index is 0.0439. The van der Waals surface area contributed by atoms with Crippen molar-refractivity contribution < 1.29 is 4.79 Å². The zero-order valence-electron chi connectivity index (χ0n) is 13.4. The molecule has 0 atom stereocenters. The lowest BCUT2D eigenvalue weighted by molar-refractivity contribution is -0.120. The maximum absolute atomic E-state index is 11.3. The van der Waals surface area contributed by atoms with Crippen LogP contribution in [0.3, 0.4) is 0 Å². The highest BCUT2D eigenvalue weighted by Crippen LogP contribution is 2.23. The van der Waals surface area contributed by atoms with Crippen LogP contribution in [0, 0.1) is 5.92 Å². The molecular formula is C16H26ClN3O. The summed E-state index contributed by atoms with van der Waals surface area (Å²) in [6.45, 7) is 6.78. The first-order chi connectivity index (χ1) is 9.93. The van der Waals surface area contributed by atoms with Gasteiger partial charge in [-0.25, -0.2) is 0 Å². The molecule has 0 bridgehead atoms. The molecule has 1 aromatic carbocycles. The van der Waals surface area contributed by atoms with Gasteiger partial charge in [0.2, 0.25) is 5.91 Å². The lowest BCUT2D eigenvalue weighted by Crippen LogP contribution is -2.26. The molecule has 0 aliphatic rings. The molecule has 1 aromatic rings. The molecule has 2 N–H and O–H groups in total. The fourth-order valence-electron chi connectivity index (χ4n) is 1.94. The maximum atomic E-state index is 11.3. The van der Waals surface area contributed by atoms with Gasteiger partial charge in [0.25, 0.3) is 0 Å². The number of carbonyl (C=O) groups excluding carboxylic acids is 1. The van der Waals surface area contributed by atoms with Crippen molar-refractivity contribution >= 4 is 23.2 Å². The Morgan fingerprint density at radius 2 is 2.10 bits per heavy atom. The van der Waals surface area contributed by atoms with Gasteiger partial charge in [-0.15, -0.1) is 0 Å². The molecule has 0 radical (unpaired) electrons. The Morgan fingerprint density at radius 3 is 2.67 bits per heavy atom. The Bertz CT molecular complexity index is 463. The third-order valence-corrected chi connectivity index (χ3v) is 3.65. The minimum Gasteiger partial charge on any atom is -0.374 e. The number of halogens is 1. The number of hydrogen-bond acceptors (Lipinski definition) is 3. The zero-order chi connectivity index (χ0) is 15.8. The molecule has 1 rings (SSSR count). The Labute approximate surface area is 132 Å². The van der Waals surface area contributed by atoms with E-state index in [4.69, 9.17) is 11.6 Å². The fraction of sp³-hybridized carbons (Fsp3) is 0.562. The van der Waals surface area contributed by atoms with Gasteiger partial charge in [-0.2, -0.15) is 0 Å². The molecule has 118 valence electrons. The number of anilines is 1. The number of carbonyl (C=O) groups is 1. The highest BCUT2D eigenvalue weighted by atomic mass is 35.5. The molecule has 4 nitrogen and oxygen atoms in total. The topological polar surface area (TPSA) is 44.4 Å². The second-order valence-corrected chi connectivity index (χ2v) is 6.05. The van der Waals surface area contributed by atoms with Crippen LogP contribution >= 0.6 is 11.6 Å². The third-order valence-electron chi connectivity index (χ3n) is 3.30. The summed E-state index contributed by atoms with van der Waals surface area (Å²) in [5.41, 5.74) is 2.12. The van der Waals surface area contributed by atoms with Gasteiger partial charge in [0, 0.05) is 44.3 Å². The van der Waals surface area contributed by atoms with Gasteiger partial charge in [0.1, 0.15) is 0 Å². The second kappa shape index (κ2) is 8.90. The van der Waals surface area contributed by atoms with E-state index in [-0.39, 0.29) is 5.91 Å². The molecule has 0 saturated heterocycles. The van der Waals surface area contributed by atoms with Crippen LogP contribution in [0.2, 0.25) is 5.02 Å². The van der Waals surface area contributed by atoms with Crippen LogP contribution in [-0.4, -0.2) is 33.1 Å². The van der Waals surface area contributed by atoms with Crippen LogP contribution in [-0.2, 0) is 11.3 Å². The van der Waals surface area contributed by atoms with E-state index < -0.39 is 0 Å². The maximum Gasteiger partial charge on any atom is 0.221 e. The highest BCUT2D eigenvalue weighted by Gasteiger charge is 2.07. The summed E-state index contributed by atoms with van der Waals surface area (Å²) in [7, 11) is 3.61. The largest absolute Gasteiger partial charge is 0.374 e. The number of hydrogen-bond donors (Lipinski definition) is 2. The van der Waals surface area contributed by atoms with Gasteiger partial charge in [-0.05, 0) is 30.2 Å². The SMILES string of the molecule is CNC(=O)CCN(C)c1ccc(CNCC(C)C)c(Cl)c1. The Balaban J connectivity index is 2.58. The van der Waals surface area contributed by atoms with E-state index in [1.54, 1.807) is 7.05 Å². The molecule has 0 aliphatic carbocycles. The van der Waals surface area contributed by atoms with Crippen molar-refractivity contribution in [3.05, 3.63) is 28.8 Å². The van der Waals surface area contributed by atoms with Gasteiger partial charge >= 0.3 is 0 Å². The summed E-state index contributed by atoms with van der Waals surface area (Å²) in [6.07, 6.45) is 0.475. The summed E-state index contributed by atoms with van der Waals surface area (Å²) in [5.74, 6) is 0.668. The summed E-state index contributed by atoms with van der Waals surface area (Å²) in [4.78, 5) is 13.3. The Morgan fingerprint density at radius 1 is 1.38 bits per heavy atom. The van der Waals surface area contributed by atoms with Crippen molar-refractivity contribution in [2.75, 3.05) is 32.1 Å². The quantitative estimate of drug-likeness (QED) is 0.776. The standard InChI is InChI=1S/C16H26ClN3O/c1-12(2)10-19-11-13-5-6-14(9-15(13)17)20(4)8-7-16(21)18-3/h5-6,9,12,19H,7-8,10-11H2,1-4H3,(H,18,21). The van der Waals surface area contributed by atoms with Crippen molar-refractivity contribution in [1.82, 2.24) is 10.6 Å². The number of amides is 1. The van der Waals surface area contributed by atoms with Gasteiger partial charge in [0.05, 0.1) is 0 Å². The Kier molecular flexibility index (Phi) is 7.54. The number of rotatable bonds is 8. The number of nitrogens with zero attached hydrogens (tertiary/aromatic N) is 1. The lowest BCUT2D eigenvalue weighted by Gasteiger charge is -2.20. The van der Waals surface area contributed by atoms with Crippen molar-refractivity contribution in [3.63, 3.8) is 0 Å². The van der Waals surface area contributed by atoms with Crippen molar-refractivity contribution in [1.29, 1.82) is 0 Å². The summed E-state index contributed by atoms with van der Waals surface area (Å²) >= 11 is 6.33. The van der Waals surface area contributed by atoms with Crippen molar-refractivity contribution in [2.24, 2.45) is 5.92 Å². The van der Waals surface area contributed by atoms with Gasteiger partial charge in [0.15, 0.2) is 0 Å². The smallest absolute Gasteiger partial charge is 0.221 e. The van der Waals surface area contributed by atoms with Gasteiger partial charge in [-0.3, -0.25) is 4.79 Å². The van der Waals surface area contributed by atoms with Crippen LogP contribution in [0.1, 0.15) is 25.8 Å². The number of benzene rings is 1. The molecule has 0 fully saturated rings. The Hall–Kier alpha value is -1.26. The highest BCUT2D eigenvalue weighted by molar-refractivity contribution is 6.31. The third kappa shape index (κ3) is 6.36. The first kappa shape index (κ1) is 17.8. The van der Waals surface area contributed by atoms with E-state index in [9.17, 15) is 4.79 Å². The first-order valence-corrected chi connectivity index (χ1v) is 7.72. The van der Waals surface area contributed by atoms with Crippen LogP contribution in [0.5, 0.6) is 0 Å². The molecule has 5 heteroatoms. The summed E-state index contributed by atoms with van der Waals surface area (Å²) < 4.78 is 0. The molecular weight excluding hydrogens is 286 g/mol. The molecule has 21 heavy (non-hydrogen) atoms. The van der Waals surface area contributed by atoms with E-state index in [1.807, 2.05) is 30.1 Å². The lowest BCUT2D eigenvalue weighted by atomic mass is 10.1. The molecule has 0 unspecified atom stereocenters. The van der Waals surface area contributed by atoms with Crippen molar-refractivity contribution in [2.45, 2.75) is 26.8 Å². The summed E-state index contributed by atoms with van der Waals surface area (Å²) in [5, 5.41) is 6.77. The van der Waals surface area contributed by atoms with Crippen LogP contribution < -0.4 is 15.5 Å². The van der Waals surface area contributed by atoms with E-state index in [1.165, 1.54) is 0 Å². The van der Waals surface area contributed by atoms with Crippen LogP contribution in [0.15, 0.2) is 18.2 Å². The minimum atomic E-state index is 0.0439. The predicted molar refractivity (Wildman–Crippen MR) is 90.0 cm³/mol. The molecule has 1 amide bonds. The normalized spacial score (nSPS) is 10.8. The first-order valence-electron chi connectivity index (χ1n) is 7.35. The van der Waals surface area contributed by atoms with Gasteiger partial charge < -0.3 is 15.5 Å². The van der Waals surface area contributed by atoms with Crippen LogP contribution in [0.25, 0.3) is 0 Å². The molecule has 0 saturated carbocycles. The van der Waals surface area contributed by atoms with Crippen LogP contribution in [0.4, 0.5) is 5.69 Å². The summed E-state index contributed by atoms with van der Waals surface area (Å²) in [6, 6.07) is 6.04. The average molecular weight is 312 g/mol. The monoisotopic (exact) mass is 311 g/mol. The van der Waals surface area contributed by atoms with Gasteiger partial charge in [-0.1, -0.05) is 31.5 Å². The molecule has 0 heterocycles. The van der Waals surface area contributed by atoms with Crippen molar-refractivity contribution in [3.8, 4) is 0 Å². The molecule has 0 aliphatic heterocycles.